The molecule has 0 aliphatic carbocycles. The van der Waals surface area contributed by atoms with Gasteiger partial charge in [-0.05, 0) is 66.2 Å². The van der Waals surface area contributed by atoms with Gasteiger partial charge < -0.3 is 14.8 Å². The number of ether oxygens (including phenoxy) is 2. The number of fused-ring (bicyclic) bond motifs is 1. The van der Waals surface area contributed by atoms with Gasteiger partial charge >= 0.3 is 18.1 Å². The van der Waals surface area contributed by atoms with E-state index in [0.29, 0.717) is 11.3 Å². The maximum absolute atomic E-state index is 13.0. The lowest BCUT2D eigenvalue weighted by molar-refractivity contribution is -0.137. The first-order valence-corrected chi connectivity index (χ1v) is 12.6. The van der Waals surface area contributed by atoms with E-state index in [9.17, 15) is 36.0 Å². The second kappa shape index (κ2) is 10.3. The van der Waals surface area contributed by atoms with Gasteiger partial charge in [0.25, 0.3) is 15.9 Å². The van der Waals surface area contributed by atoms with E-state index in [2.05, 4.69) is 10.0 Å². The predicted molar refractivity (Wildman–Crippen MR) is 134 cm³/mol. The Kier molecular flexibility index (Phi) is 7.20. The Morgan fingerprint density at radius 2 is 1.54 bits per heavy atom. The highest BCUT2D eigenvalue weighted by Crippen LogP contribution is 2.37. The summed E-state index contributed by atoms with van der Waals surface area (Å²) in [5, 5.41) is 2.62. The van der Waals surface area contributed by atoms with Crippen molar-refractivity contribution in [3.05, 3.63) is 77.4 Å². The van der Waals surface area contributed by atoms with Crippen LogP contribution >= 0.6 is 0 Å². The van der Waals surface area contributed by atoms with E-state index in [-0.39, 0.29) is 33.2 Å². The molecular formula is C26H19F3N2O7S. The molecule has 1 amide bonds. The van der Waals surface area contributed by atoms with Crippen molar-refractivity contribution in [3.8, 4) is 11.5 Å². The third-order valence-electron chi connectivity index (χ3n) is 5.33. The van der Waals surface area contributed by atoms with Crippen LogP contribution in [0.2, 0.25) is 0 Å². The molecule has 0 bridgehead atoms. The molecular weight excluding hydrogens is 541 g/mol. The molecule has 4 rings (SSSR count). The highest BCUT2D eigenvalue weighted by molar-refractivity contribution is 7.92. The Labute approximate surface area is 220 Å². The van der Waals surface area contributed by atoms with Crippen LogP contribution in [0.25, 0.3) is 11.6 Å². The maximum Gasteiger partial charge on any atom is 0.416 e. The van der Waals surface area contributed by atoms with Crippen molar-refractivity contribution in [3.63, 3.8) is 0 Å². The molecule has 2 N–H and O–H groups in total. The fourth-order valence-corrected chi connectivity index (χ4v) is 4.76. The van der Waals surface area contributed by atoms with E-state index in [4.69, 9.17) is 9.47 Å². The van der Waals surface area contributed by atoms with Crippen molar-refractivity contribution in [2.75, 3.05) is 10.0 Å². The third-order valence-corrected chi connectivity index (χ3v) is 6.71. The number of halogens is 3. The first-order valence-electron chi connectivity index (χ1n) is 11.1. The van der Waals surface area contributed by atoms with Gasteiger partial charge in [-0.2, -0.15) is 13.2 Å². The summed E-state index contributed by atoms with van der Waals surface area (Å²) in [6.45, 7) is 2.33. The summed E-state index contributed by atoms with van der Waals surface area (Å²) in [6.07, 6.45) is -3.15. The summed E-state index contributed by atoms with van der Waals surface area (Å²) in [5.41, 5.74) is 0.0196. The summed E-state index contributed by atoms with van der Waals surface area (Å²) in [4.78, 5) is 35.3. The lowest BCUT2D eigenvalue weighted by Crippen LogP contribution is -2.13. The topological polar surface area (TPSA) is 128 Å². The second-order valence-corrected chi connectivity index (χ2v) is 9.98. The first kappa shape index (κ1) is 27.4. The maximum atomic E-state index is 13.0. The minimum Gasteiger partial charge on any atom is -0.423 e. The molecule has 1 heterocycles. The molecule has 0 unspecified atom stereocenters. The molecule has 9 nitrogen and oxygen atoms in total. The summed E-state index contributed by atoms with van der Waals surface area (Å²) in [6, 6.07) is 11.6. The molecule has 0 radical (unpaired) electrons. The van der Waals surface area contributed by atoms with E-state index in [0.717, 1.165) is 31.2 Å². The fraction of sp³-hybridized carbons (Fsp3) is 0.115. The van der Waals surface area contributed by atoms with Crippen LogP contribution in [0.15, 0.2) is 65.6 Å². The fourth-order valence-electron chi connectivity index (χ4n) is 3.67. The minimum absolute atomic E-state index is 0.0150. The van der Waals surface area contributed by atoms with Gasteiger partial charge in [-0.1, -0.05) is 6.07 Å². The molecule has 13 heteroatoms. The molecule has 0 atom stereocenters. The van der Waals surface area contributed by atoms with Crippen LogP contribution in [0.1, 0.15) is 30.5 Å². The lowest BCUT2D eigenvalue weighted by atomic mass is 10.0. The largest absolute Gasteiger partial charge is 0.423 e. The quantitative estimate of drug-likeness (QED) is 0.251. The number of sulfonamides is 1. The summed E-state index contributed by atoms with van der Waals surface area (Å²) in [5.74, 6) is -1.93. The third kappa shape index (κ3) is 6.26. The average molecular weight is 561 g/mol. The molecule has 3 aromatic rings. The predicted octanol–water partition coefficient (Wildman–Crippen LogP) is 4.85. The summed E-state index contributed by atoms with van der Waals surface area (Å²) in [7, 11) is -4.24. The number of hydrogen-bond acceptors (Lipinski definition) is 7. The van der Waals surface area contributed by atoms with E-state index in [1.807, 2.05) is 0 Å². The van der Waals surface area contributed by atoms with Crippen molar-refractivity contribution in [2.45, 2.75) is 24.9 Å². The normalized spacial score (nSPS) is 14.0. The number of alkyl halides is 3. The van der Waals surface area contributed by atoms with Gasteiger partial charge in [0.1, 0.15) is 0 Å². The number of anilines is 2. The van der Waals surface area contributed by atoms with Gasteiger partial charge in [0.15, 0.2) is 11.5 Å². The molecule has 3 aromatic carbocycles. The van der Waals surface area contributed by atoms with E-state index in [1.165, 1.54) is 49.4 Å². The van der Waals surface area contributed by atoms with Gasteiger partial charge in [0.05, 0.1) is 10.5 Å². The van der Waals surface area contributed by atoms with Crippen LogP contribution in [0.4, 0.5) is 24.5 Å². The zero-order chi connectivity index (χ0) is 28.5. The average Bonchev–Trinajstić information content (AvgIpc) is 3.14. The Hall–Kier alpha value is -4.65. The van der Waals surface area contributed by atoms with Crippen molar-refractivity contribution >= 4 is 50.9 Å². The van der Waals surface area contributed by atoms with Crippen LogP contribution < -0.4 is 19.5 Å². The molecule has 1 aliphatic rings. The van der Waals surface area contributed by atoms with Gasteiger partial charge in [-0.25, -0.2) is 8.42 Å². The highest BCUT2D eigenvalue weighted by atomic mass is 32.2. The Balaban J connectivity index is 1.67. The van der Waals surface area contributed by atoms with Crippen molar-refractivity contribution in [1.82, 2.24) is 0 Å². The van der Waals surface area contributed by atoms with E-state index in [1.54, 1.807) is 0 Å². The number of amides is 1. The number of rotatable bonds is 6. The Morgan fingerprint density at radius 3 is 2.15 bits per heavy atom. The number of benzene rings is 3. The number of nitrogens with one attached hydrogen (secondary N) is 2. The van der Waals surface area contributed by atoms with Crippen LogP contribution in [0.3, 0.4) is 0 Å². The molecule has 0 fully saturated rings. The van der Waals surface area contributed by atoms with E-state index < -0.39 is 39.6 Å². The zero-order valence-electron chi connectivity index (χ0n) is 20.3. The molecule has 0 saturated heterocycles. The van der Waals surface area contributed by atoms with Gasteiger partial charge in [0, 0.05) is 36.4 Å². The first-order chi connectivity index (χ1) is 18.2. The number of carbonyl (C=O) groups is 3. The van der Waals surface area contributed by atoms with E-state index >= 15 is 0 Å². The highest BCUT2D eigenvalue weighted by Gasteiger charge is 2.30. The molecule has 202 valence electrons. The molecule has 39 heavy (non-hydrogen) atoms. The lowest BCUT2D eigenvalue weighted by Gasteiger charge is -2.11. The van der Waals surface area contributed by atoms with Crippen LogP contribution in [0.5, 0.6) is 11.5 Å². The van der Waals surface area contributed by atoms with Gasteiger partial charge in [-0.3, -0.25) is 19.1 Å². The SMILES string of the molecule is CC(=O)Oc1ccc(C=C2C(=O)Nc3ccc(S(=O)(=O)Nc4ccc(C(F)(F)F)cc4)cc32)cc1OC(C)=O. The summed E-state index contributed by atoms with van der Waals surface area (Å²) < 4.78 is 76.7. The van der Waals surface area contributed by atoms with Crippen molar-refractivity contribution < 1.29 is 45.4 Å². The van der Waals surface area contributed by atoms with Crippen LogP contribution in [-0.2, 0) is 30.6 Å². The molecule has 0 saturated carbocycles. The van der Waals surface area contributed by atoms with Gasteiger partial charge in [0.2, 0.25) is 0 Å². The second-order valence-electron chi connectivity index (χ2n) is 8.29. The van der Waals surface area contributed by atoms with Gasteiger partial charge in [-0.15, -0.1) is 0 Å². The molecule has 0 spiro atoms. The van der Waals surface area contributed by atoms with Crippen molar-refractivity contribution in [1.29, 1.82) is 0 Å². The zero-order valence-corrected chi connectivity index (χ0v) is 21.1. The molecule has 0 aromatic heterocycles. The monoisotopic (exact) mass is 560 g/mol. The number of carbonyl (C=O) groups excluding carboxylic acids is 3. The molecule has 1 aliphatic heterocycles. The Bertz CT molecular complexity index is 1630. The number of esters is 2. The summed E-state index contributed by atoms with van der Waals surface area (Å²) >= 11 is 0. The Morgan fingerprint density at radius 1 is 0.897 bits per heavy atom. The minimum atomic E-state index is -4.57. The van der Waals surface area contributed by atoms with Crippen LogP contribution in [-0.4, -0.2) is 26.3 Å². The van der Waals surface area contributed by atoms with Crippen molar-refractivity contribution in [2.24, 2.45) is 0 Å². The van der Waals surface area contributed by atoms with Crippen LogP contribution in [0, 0.1) is 0 Å². The standard InChI is InChI=1S/C26H19F3N2O7S/c1-14(32)37-23-10-3-16(12-24(23)38-15(2)33)11-21-20-13-19(8-9-22(20)30-25(21)34)39(35,36)31-18-6-4-17(5-7-18)26(27,28)29/h3-13,31H,1-2H3,(H,30,34). The smallest absolute Gasteiger partial charge is 0.416 e. The number of hydrogen-bond donors (Lipinski definition) is 2.